The number of hydrogen-bond donors (Lipinski definition) is 0. The SMILES string of the molecule is CC(C)CCC[C@@H](C)[C@H]1CC[C@H]2[C@@H]3C4CC(=O)CC(=O)CCC(C)(O4)[C@H]3CC[C@]12C. The molecule has 170 valence electrons. The highest BCUT2D eigenvalue weighted by Crippen LogP contribution is 2.66. The number of rotatable bonds is 5. The Labute approximate surface area is 184 Å². The number of ketones is 2. The molecule has 8 atom stereocenters. The Bertz CT molecular complexity index is 669. The lowest BCUT2D eigenvalue weighted by Crippen LogP contribution is -2.47. The second-order valence-electron chi connectivity index (χ2n) is 12.2. The van der Waals surface area contributed by atoms with Gasteiger partial charge in [-0.1, -0.05) is 47.0 Å². The van der Waals surface area contributed by atoms with Crippen LogP contribution in [0.3, 0.4) is 0 Å². The van der Waals surface area contributed by atoms with Crippen LogP contribution in [0.1, 0.15) is 105 Å². The molecule has 2 heterocycles. The zero-order valence-electron chi connectivity index (χ0n) is 20.0. The molecule has 30 heavy (non-hydrogen) atoms. The average molecular weight is 417 g/mol. The molecule has 2 bridgehead atoms. The van der Waals surface area contributed by atoms with Crippen LogP contribution in [0.2, 0.25) is 0 Å². The summed E-state index contributed by atoms with van der Waals surface area (Å²) in [6, 6.07) is 0. The lowest BCUT2D eigenvalue weighted by atomic mass is 9.53. The van der Waals surface area contributed by atoms with Crippen molar-refractivity contribution in [1.82, 2.24) is 0 Å². The molecule has 2 unspecified atom stereocenters. The summed E-state index contributed by atoms with van der Waals surface area (Å²) in [7, 11) is 0. The number of carbonyl (C=O) groups excluding carboxylic acids is 2. The first kappa shape index (κ1) is 22.5. The van der Waals surface area contributed by atoms with Crippen molar-refractivity contribution < 1.29 is 14.3 Å². The molecule has 4 aliphatic rings. The second-order valence-corrected chi connectivity index (χ2v) is 12.2. The van der Waals surface area contributed by atoms with E-state index in [1.807, 2.05) is 0 Å². The Kier molecular flexibility index (Phi) is 6.25. The molecule has 4 fully saturated rings. The van der Waals surface area contributed by atoms with Crippen LogP contribution in [0.15, 0.2) is 0 Å². The van der Waals surface area contributed by atoms with E-state index >= 15 is 0 Å². The first-order valence-corrected chi connectivity index (χ1v) is 12.9. The van der Waals surface area contributed by atoms with Gasteiger partial charge in [0.1, 0.15) is 11.6 Å². The van der Waals surface area contributed by atoms with Gasteiger partial charge in [0.15, 0.2) is 0 Å². The maximum absolute atomic E-state index is 12.6. The maximum Gasteiger partial charge on any atom is 0.142 e. The van der Waals surface area contributed by atoms with E-state index in [1.54, 1.807) is 0 Å². The second kappa shape index (κ2) is 8.34. The molecular weight excluding hydrogens is 372 g/mol. The largest absolute Gasteiger partial charge is 0.371 e. The van der Waals surface area contributed by atoms with E-state index in [2.05, 4.69) is 34.6 Å². The fourth-order valence-corrected chi connectivity index (χ4v) is 8.38. The molecule has 0 radical (unpaired) electrons. The van der Waals surface area contributed by atoms with Crippen LogP contribution in [0.25, 0.3) is 0 Å². The van der Waals surface area contributed by atoms with Gasteiger partial charge in [0.25, 0.3) is 0 Å². The van der Waals surface area contributed by atoms with Crippen LogP contribution < -0.4 is 0 Å². The maximum atomic E-state index is 12.6. The quantitative estimate of drug-likeness (QED) is 0.489. The fourth-order valence-electron chi connectivity index (χ4n) is 8.38. The van der Waals surface area contributed by atoms with Crippen molar-refractivity contribution in [2.45, 2.75) is 117 Å². The summed E-state index contributed by atoms with van der Waals surface area (Å²) in [6.45, 7) is 12.0. The van der Waals surface area contributed by atoms with Crippen molar-refractivity contribution >= 4 is 11.6 Å². The molecule has 2 saturated carbocycles. The molecule has 0 N–H and O–H groups in total. The van der Waals surface area contributed by atoms with Gasteiger partial charge in [-0.05, 0) is 80.0 Å². The topological polar surface area (TPSA) is 43.4 Å². The molecule has 0 aromatic heterocycles. The van der Waals surface area contributed by atoms with E-state index < -0.39 is 0 Å². The van der Waals surface area contributed by atoms with Crippen LogP contribution in [-0.4, -0.2) is 23.3 Å². The fraction of sp³-hybridized carbons (Fsp3) is 0.926. The van der Waals surface area contributed by atoms with Crippen molar-refractivity contribution in [2.24, 2.45) is 40.9 Å². The number of carbonyl (C=O) groups is 2. The summed E-state index contributed by atoms with van der Waals surface area (Å²) in [5.41, 5.74) is 0.187. The Balaban J connectivity index is 1.53. The monoisotopic (exact) mass is 416 g/mol. The minimum atomic E-state index is -0.210. The zero-order chi connectivity index (χ0) is 21.7. The van der Waals surface area contributed by atoms with Crippen molar-refractivity contribution in [2.75, 3.05) is 0 Å². The predicted molar refractivity (Wildman–Crippen MR) is 120 cm³/mol. The third kappa shape index (κ3) is 3.93. The van der Waals surface area contributed by atoms with Gasteiger partial charge in [-0.15, -0.1) is 0 Å². The molecular formula is C27H44O3. The lowest BCUT2D eigenvalue weighted by Gasteiger charge is -2.50. The van der Waals surface area contributed by atoms with Crippen molar-refractivity contribution in [3.8, 4) is 0 Å². The molecule has 0 amide bonds. The Morgan fingerprint density at radius 1 is 0.967 bits per heavy atom. The summed E-state index contributed by atoms with van der Waals surface area (Å²) < 4.78 is 6.70. The summed E-state index contributed by atoms with van der Waals surface area (Å²) in [5.74, 6) is 4.35. The molecule has 0 aromatic rings. The third-order valence-corrected chi connectivity index (χ3v) is 9.89. The standard InChI is InChI=1S/C27H44O3/c1-17(2)7-6-8-18(3)21-9-10-22-25-23(12-13-26(21,22)4)27(5)14-11-19(28)15-20(29)16-24(25)30-27/h17-18,21-25H,6-16H2,1-5H3/t18-,21-,22+,23+,24?,25+,26-,27?/m1/s1. The number of hydrogen-bond acceptors (Lipinski definition) is 3. The minimum Gasteiger partial charge on any atom is -0.371 e. The number of fused-ring (bicyclic) bond motifs is 7. The van der Waals surface area contributed by atoms with Crippen LogP contribution in [0.5, 0.6) is 0 Å². The molecule has 2 aliphatic carbocycles. The minimum absolute atomic E-state index is 0.0398. The first-order chi connectivity index (χ1) is 14.1. The van der Waals surface area contributed by atoms with Gasteiger partial charge in [0, 0.05) is 12.8 Å². The van der Waals surface area contributed by atoms with Crippen LogP contribution in [0, 0.1) is 40.9 Å². The molecule has 0 spiro atoms. The van der Waals surface area contributed by atoms with E-state index in [-0.39, 0.29) is 29.7 Å². The lowest BCUT2D eigenvalue weighted by molar-refractivity contribution is -0.128. The molecule has 2 saturated heterocycles. The van der Waals surface area contributed by atoms with Crippen LogP contribution in [-0.2, 0) is 14.3 Å². The normalized spacial score (nSPS) is 44.9. The van der Waals surface area contributed by atoms with Gasteiger partial charge in [0.05, 0.1) is 18.1 Å². The van der Waals surface area contributed by atoms with Crippen molar-refractivity contribution in [3.63, 3.8) is 0 Å². The highest BCUT2D eigenvalue weighted by atomic mass is 16.5. The average Bonchev–Trinajstić information content (AvgIpc) is 3.15. The van der Waals surface area contributed by atoms with E-state index in [9.17, 15) is 9.59 Å². The smallest absolute Gasteiger partial charge is 0.142 e. The van der Waals surface area contributed by atoms with Gasteiger partial charge in [-0.25, -0.2) is 0 Å². The predicted octanol–water partition coefficient (Wildman–Crippen LogP) is 6.38. The molecule has 3 heteroatoms. The van der Waals surface area contributed by atoms with Gasteiger partial charge >= 0.3 is 0 Å². The summed E-state index contributed by atoms with van der Waals surface area (Å²) >= 11 is 0. The summed E-state index contributed by atoms with van der Waals surface area (Å²) in [6.07, 6.45) is 11.2. The van der Waals surface area contributed by atoms with Crippen LogP contribution >= 0.6 is 0 Å². The van der Waals surface area contributed by atoms with Crippen molar-refractivity contribution in [3.05, 3.63) is 0 Å². The van der Waals surface area contributed by atoms with Gasteiger partial charge < -0.3 is 4.74 Å². The molecule has 3 nitrogen and oxygen atoms in total. The van der Waals surface area contributed by atoms with Gasteiger partial charge in [-0.2, -0.15) is 0 Å². The van der Waals surface area contributed by atoms with E-state index in [0.29, 0.717) is 36.0 Å². The number of ether oxygens (including phenoxy) is 1. The van der Waals surface area contributed by atoms with Crippen LogP contribution in [0.4, 0.5) is 0 Å². The Hall–Kier alpha value is -0.700. The van der Waals surface area contributed by atoms with E-state index in [0.717, 1.165) is 24.2 Å². The Morgan fingerprint density at radius 3 is 2.47 bits per heavy atom. The van der Waals surface area contributed by atoms with E-state index in [1.165, 1.54) is 44.9 Å². The molecule has 0 aromatic carbocycles. The summed E-state index contributed by atoms with van der Waals surface area (Å²) in [5, 5.41) is 0. The van der Waals surface area contributed by atoms with Gasteiger partial charge in [0.2, 0.25) is 0 Å². The van der Waals surface area contributed by atoms with Gasteiger partial charge in [-0.3, -0.25) is 9.59 Å². The zero-order valence-corrected chi connectivity index (χ0v) is 20.0. The summed E-state index contributed by atoms with van der Waals surface area (Å²) in [4.78, 5) is 24.8. The molecule has 4 rings (SSSR count). The third-order valence-electron chi connectivity index (χ3n) is 9.89. The first-order valence-electron chi connectivity index (χ1n) is 12.9. The highest BCUT2D eigenvalue weighted by Gasteiger charge is 2.63. The highest BCUT2D eigenvalue weighted by molar-refractivity contribution is 5.99. The molecule has 2 aliphatic heterocycles. The van der Waals surface area contributed by atoms with E-state index in [4.69, 9.17) is 4.74 Å². The number of Topliss-reactive ketones (excluding diaryl/α,β-unsaturated/α-hetero) is 2. The Morgan fingerprint density at radius 2 is 1.73 bits per heavy atom. The van der Waals surface area contributed by atoms with Crippen molar-refractivity contribution in [1.29, 1.82) is 0 Å².